The lowest BCUT2D eigenvalue weighted by molar-refractivity contribution is 0.0777. The van der Waals surface area contributed by atoms with E-state index in [0.29, 0.717) is 45.1 Å². The SMILES string of the molecule is COc1ccccc1OCCN(C)C(=O)c1sc(NC(=O)c2ccccc2Cl)cc1C. The molecular weight excluding hydrogens is 436 g/mol. The van der Waals surface area contributed by atoms with Gasteiger partial charge in [0, 0.05) is 7.05 Å². The fourth-order valence-corrected chi connectivity index (χ4v) is 4.17. The molecule has 162 valence electrons. The lowest BCUT2D eigenvalue weighted by atomic mass is 10.2. The highest BCUT2D eigenvalue weighted by Gasteiger charge is 2.19. The maximum atomic E-state index is 12.9. The highest BCUT2D eigenvalue weighted by atomic mass is 35.5. The Hall–Kier alpha value is -3.03. The number of hydrogen-bond acceptors (Lipinski definition) is 5. The minimum Gasteiger partial charge on any atom is -0.493 e. The third kappa shape index (κ3) is 5.57. The largest absolute Gasteiger partial charge is 0.493 e. The number of para-hydroxylation sites is 2. The number of methoxy groups -OCH3 is 1. The summed E-state index contributed by atoms with van der Waals surface area (Å²) in [5, 5.41) is 3.78. The number of rotatable bonds is 8. The first-order valence-electron chi connectivity index (χ1n) is 9.58. The van der Waals surface area contributed by atoms with Crippen LogP contribution in [0.4, 0.5) is 5.00 Å². The Kier molecular flexibility index (Phi) is 7.55. The lowest BCUT2D eigenvalue weighted by Gasteiger charge is -2.18. The maximum absolute atomic E-state index is 12.9. The zero-order valence-electron chi connectivity index (χ0n) is 17.5. The Bertz CT molecular complexity index is 1080. The van der Waals surface area contributed by atoms with Crippen molar-refractivity contribution in [3.05, 3.63) is 75.6 Å². The molecule has 0 radical (unpaired) electrons. The highest BCUT2D eigenvalue weighted by Crippen LogP contribution is 2.29. The van der Waals surface area contributed by atoms with Crippen LogP contribution in [0.25, 0.3) is 0 Å². The molecule has 0 saturated heterocycles. The zero-order chi connectivity index (χ0) is 22.4. The summed E-state index contributed by atoms with van der Waals surface area (Å²) in [6.07, 6.45) is 0. The van der Waals surface area contributed by atoms with Gasteiger partial charge in [-0.1, -0.05) is 35.9 Å². The molecular formula is C23H23ClN2O4S. The molecule has 0 bridgehead atoms. The second kappa shape index (κ2) is 10.3. The topological polar surface area (TPSA) is 67.9 Å². The molecule has 1 heterocycles. The van der Waals surface area contributed by atoms with Gasteiger partial charge >= 0.3 is 0 Å². The van der Waals surface area contributed by atoms with E-state index in [2.05, 4.69) is 5.32 Å². The first kappa shape index (κ1) is 22.7. The second-order valence-corrected chi connectivity index (χ2v) is 8.24. The van der Waals surface area contributed by atoms with E-state index >= 15 is 0 Å². The van der Waals surface area contributed by atoms with Crippen molar-refractivity contribution in [2.75, 3.05) is 32.6 Å². The van der Waals surface area contributed by atoms with Gasteiger partial charge < -0.3 is 19.7 Å². The molecule has 0 atom stereocenters. The molecule has 31 heavy (non-hydrogen) atoms. The van der Waals surface area contributed by atoms with Gasteiger partial charge in [0.15, 0.2) is 11.5 Å². The van der Waals surface area contributed by atoms with Gasteiger partial charge in [0.2, 0.25) is 0 Å². The minimum atomic E-state index is -0.315. The Morgan fingerprint density at radius 3 is 2.48 bits per heavy atom. The monoisotopic (exact) mass is 458 g/mol. The molecule has 3 aromatic rings. The van der Waals surface area contributed by atoms with E-state index in [1.165, 1.54) is 11.3 Å². The van der Waals surface area contributed by atoms with Crippen LogP contribution in [0.2, 0.25) is 5.02 Å². The van der Waals surface area contributed by atoms with Crippen molar-refractivity contribution in [1.82, 2.24) is 4.90 Å². The molecule has 0 unspecified atom stereocenters. The molecule has 0 aliphatic carbocycles. The second-order valence-electron chi connectivity index (χ2n) is 6.78. The van der Waals surface area contributed by atoms with Gasteiger partial charge in [0.05, 0.1) is 34.1 Å². The number of anilines is 1. The van der Waals surface area contributed by atoms with Gasteiger partial charge in [-0.15, -0.1) is 11.3 Å². The summed E-state index contributed by atoms with van der Waals surface area (Å²) in [5.74, 6) is 0.820. The van der Waals surface area contributed by atoms with Crippen molar-refractivity contribution >= 4 is 39.8 Å². The van der Waals surface area contributed by atoms with Crippen molar-refractivity contribution in [3.63, 3.8) is 0 Å². The van der Waals surface area contributed by atoms with Crippen LogP contribution in [0, 0.1) is 6.92 Å². The number of carbonyl (C=O) groups excluding carboxylic acids is 2. The molecule has 8 heteroatoms. The number of halogens is 1. The van der Waals surface area contributed by atoms with E-state index in [1.807, 2.05) is 31.2 Å². The van der Waals surface area contributed by atoms with Crippen molar-refractivity contribution in [2.45, 2.75) is 6.92 Å². The molecule has 0 fully saturated rings. The van der Waals surface area contributed by atoms with Crippen LogP contribution < -0.4 is 14.8 Å². The molecule has 2 aromatic carbocycles. The van der Waals surface area contributed by atoms with Crippen molar-refractivity contribution in [1.29, 1.82) is 0 Å². The molecule has 6 nitrogen and oxygen atoms in total. The first-order chi connectivity index (χ1) is 14.9. The van der Waals surface area contributed by atoms with Gasteiger partial charge in [0.25, 0.3) is 11.8 Å². The third-order valence-corrected chi connectivity index (χ3v) is 6.04. The van der Waals surface area contributed by atoms with E-state index in [4.69, 9.17) is 21.1 Å². The van der Waals surface area contributed by atoms with Crippen molar-refractivity contribution in [3.8, 4) is 11.5 Å². The van der Waals surface area contributed by atoms with Crippen molar-refractivity contribution in [2.24, 2.45) is 0 Å². The maximum Gasteiger partial charge on any atom is 0.264 e. The number of benzene rings is 2. The Balaban J connectivity index is 1.60. The number of thiophene rings is 1. The number of aryl methyl sites for hydroxylation is 1. The predicted molar refractivity (Wildman–Crippen MR) is 124 cm³/mol. The van der Waals surface area contributed by atoms with E-state index in [9.17, 15) is 9.59 Å². The van der Waals surface area contributed by atoms with Crippen LogP contribution in [-0.2, 0) is 0 Å². The smallest absolute Gasteiger partial charge is 0.264 e. The molecule has 0 spiro atoms. The van der Waals surface area contributed by atoms with Crippen molar-refractivity contribution < 1.29 is 19.1 Å². The number of nitrogens with one attached hydrogen (secondary N) is 1. The molecule has 0 saturated carbocycles. The predicted octanol–water partition coefficient (Wildman–Crippen LogP) is 5.12. The molecule has 2 amide bonds. The average molecular weight is 459 g/mol. The Morgan fingerprint density at radius 2 is 1.77 bits per heavy atom. The average Bonchev–Trinajstić information content (AvgIpc) is 3.13. The zero-order valence-corrected chi connectivity index (χ0v) is 19.0. The van der Waals surface area contributed by atoms with Gasteiger partial charge in [-0.3, -0.25) is 9.59 Å². The first-order valence-corrected chi connectivity index (χ1v) is 10.8. The summed E-state index contributed by atoms with van der Waals surface area (Å²) in [6, 6.07) is 16.0. The summed E-state index contributed by atoms with van der Waals surface area (Å²) in [7, 11) is 3.30. The minimum absolute atomic E-state index is 0.135. The number of likely N-dealkylation sites (N-methyl/N-ethyl adjacent to an activating group) is 1. The molecule has 3 rings (SSSR count). The van der Waals surface area contributed by atoms with Crippen LogP contribution in [-0.4, -0.2) is 44.0 Å². The molecule has 0 aliphatic heterocycles. The van der Waals surface area contributed by atoms with Gasteiger partial charge in [0.1, 0.15) is 6.61 Å². The fraction of sp³-hybridized carbons (Fsp3) is 0.217. The van der Waals surface area contributed by atoms with Crippen LogP contribution in [0.5, 0.6) is 11.5 Å². The summed E-state index contributed by atoms with van der Waals surface area (Å²) in [4.78, 5) is 27.5. The number of nitrogens with zero attached hydrogens (tertiary/aromatic N) is 1. The summed E-state index contributed by atoms with van der Waals surface area (Å²) < 4.78 is 11.0. The molecule has 0 aliphatic rings. The van der Waals surface area contributed by atoms with Gasteiger partial charge in [-0.25, -0.2) is 0 Å². The summed E-state index contributed by atoms with van der Waals surface area (Å²) in [6.45, 7) is 2.56. The van der Waals surface area contributed by atoms with Gasteiger partial charge in [-0.2, -0.15) is 0 Å². The van der Waals surface area contributed by atoms with Crippen LogP contribution in [0.3, 0.4) is 0 Å². The van der Waals surface area contributed by atoms with Crippen LogP contribution in [0.1, 0.15) is 25.6 Å². The van der Waals surface area contributed by atoms with E-state index in [0.717, 1.165) is 5.56 Å². The van der Waals surface area contributed by atoms with E-state index < -0.39 is 0 Å². The quantitative estimate of drug-likeness (QED) is 0.508. The van der Waals surface area contributed by atoms with Crippen LogP contribution >= 0.6 is 22.9 Å². The van der Waals surface area contributed by atoms with Gasteiger partial charge in [-0.05, 0) is 42.8 Å². The molecule has 1 N–H and O–H groups in total. The number of carbonyl (C=O) groups is 2. The summed E-state index contributed by atoms with van der Waals surface area (Å²) in [5.41, 5.74) is 1.18. The lowest BCUT2D eigenvalue weighted by Crippen LogP contribution is -2.30. The van der Waals surface area contributed by atoms with E-state index in [-0.39, 0.29) is 11.8 Å². The summed E-state index contributed by atoms with van der Waals surface area (Å²) >= 11 is 7.32. The number of ether oxygens (including phenoxy) is 2. The third-order valence-electron chi connectivity index (χ3n) is 4.57. The Labute approximate surface area is 190 Å². The van der Waals surface area contributed by atoms with E-state index in [1.54, 1.807) is 49.4 Å². The number of hydrogen-bond donors (Lipinski definition) is 1. The normalized spacial score (nSPS) is 10.5. The standard InChI is InChI=1S/C23H23ClN2O4S/c1-15-14-20(25-22(27)16-8-4-5-9-17(16)24)31-21(15)23(28)26(2)12-13-30-19-11-7-6-10-18(19)29-3/h4-11,14H,12-13H2,1-3H3,(H,25,27). The highest BCUT2D eigenvalue weighted by molar-refractivity contribution is 7.18. The van der Waals surface area contributed by atoms with Crippen LogP contribution in [0.15, 0.2) is 54.6 Å². The Morgan fingerprint density at radius 1 is 1.10 bits per heavy atom. The number of amides is 2. The molecule has 1 aromatic heterocycles. The fourth-order valence-electron chi connectivity index (χ4n) is 2.89.